The second kappa shape index (κ2) is 9.60. The van der Waals surface area contributed by atoms with Crippen LogP contribution in [0.3, 0.4) is 0 Å². The lowest BCUT2D eigenvalue weighted by molar-refractivity contribution is 0.171. The molecule has 1 saturated carbocycles. The summed E-state index contributed by atoms with van der Waals surface area (Å²) >= 11 is 0. The summed E-state index contributed by atoms with van der Waals surface area (Å²) < 4.78 is 5.35. The molecule has 1 aromatic heterocycles. The smallest absolute Gasteiger partial charge is 0.191 e. The van der Waals surface area contributed by atoms with Gasteiger partial charge >= 0.3 is 0 Å². The van der Waals surface area contributed by atoms with Crippen molar-refractivity contribution in [2.45, 2.75) is 51.6 Å². The summed E-state index contributed by atoms with van der Waals surface area (Å²) in [5.74, 6) is 2.55. The molecular weight excluding hydrogens is 288 g/mol. The highest BCUT2D eigenvalue weighted by atomic mass is 16.3. The van der Waals surface area contributed by atoms with Gasteiger partial charge in [0.25, 0.3) is 0 Å². The Balaban J connectivity index is 1.90. The normalized spacial score (nSPS) is 18.2. The van der Waals surface area contributed by atoms with Gasteiger partial charge in [-0.2, -0.15) is 0 Å². The lowest BCUT2D eigenvalue weighted by Crippen LogP contribution is -2.48. The standard InChI is InChI=1S/C18H32N4O/c1-4-19-18(20-13-16-11-8-12-23-16)21-14-17(22(2)3)15-9-6-5-7-10-15/h8,11-12,15,17H,4-7,9-10,13-14H2,1-3H3,(H2,19,20,21). The van der Waals surface area contributed by atoms with Crippen LogP contribution in [0.25, 0.3) is 0 Å². The van der Waals surface area contributed by atoms with E-state index in [1.54, 1.807) is 6.26 Å². The number of hydrogen-bond acceptors (Lipinski definition) is 3. The monoisotopic (exact) mass is 320 g/mol. The number of aliphatic imine (C=N–C) groups is 1. The molecule has 1 unspecified atom stereocenters. The number of rotatable bonds is 7. The number of nitrogens with one attached hydrogen (secondary N) is 2. The van der Waals surface area contributed by atoms with Crippen LogP contribution in [0.4, 0.5) is 0 Å². The van der Waals surface area contributed by atoms with Gasteiger partial charge in [0, 0.05) is 19.1 Å². The number of nitrogens with zero attached hydrogens (tertiary/aromatic N) is 2. The van der Waals surface area contributed by atoms with Crippen LogP contribution < -0.4 is 10.6 Å². The Morgan fingerprint density at radius 1 is 1.30 bits per heavy atom. The summed E-state index contributed by atoms with van der Waals surface area (Å²) in [6.07, 6.45) is 8.55. The first-order valence-electron chi connectivity index (χ1n) is 8.91. The molecule has 1 heterocycles. The minimum Gasteiger partial charge on any atom is -0.467 e. The summed E-state index contributed by atoms with van der Waals surface area (Å²) in [6, 6.07) is 4.41. The average molecular weight is 320 g/mol. The van der Waals surface area contributed by atoms with E-state index in [0.717, 1.165) is 30.7 Å². The molecule has 0 amide bonds. The molecule has 0 aromatic carbocycles. The summed E-state index contributed by atoms with van der Waals surface area (Å²) in [4.78, 5) is 6.97. The first-order valence-corrected chi connectivity index (χ1v) is 8.91. The summed E-state index contributed by atoms with van der Waals surface area (Å²) in [7, 11) is 4.38. The van der Waals surface area contributed by atoms with Crippen LogP contribution in [-0.4, -0.2) is 44.1 Å². The molecule has 0 saturated heterocycles. The molecule has 23 heavy (non-hydrogen) atoms. The fourth-order valence-electron chi connectivity index (χ4n) is 3.39. The Morgan fingerprint density at radius 3 is 2.70 bits per heavy atom. The Labute approximate surface area is 140 Å². The molecule has 1 aromatic rings. The van der Waals surface area contributed by atoms with Gasteiger partial charge in [-0.3, -0.25) is 0 Å². The molecule has 1 aliphatic carbocycles. The summed E-state index contributed by atoms with van der Waals surface area (Å²) in [5, 5.41) is 6.84. The van der Waals surface area contributed by atoms with Crippen LogP contribution in [0.2, 0.25) is 0 Å². The highest BCUT2D eigenvalue weighted by Gasteiger charge is 2.25. The summed E-state index contributed by atoms with van der Waals surface area (Å²) in [6.45, 7) is 4.45. The number of furan rings is 1. The van der Waals surface area contributed by atoms with E-state index < -0.39 is 0 Å². The first-order chi connectivity index (χ1) is 11.2. The SMILES string of the molecule is CCNC(=NCc1ccco1)NCC(C1CCCCC1)N(C)C. The van der Waals surface area contributed by atoms with Gasteiger partial charge in [0.05, 0.1) is 6.26 Å². The van der Waals surface area contributed by atoms with Gasteiger partial charge in [-0.1, -0.05) is 19.3 Å². The van der Waals surface area contributed by atoms with Crippen LogP contribution in [0.1, 0.15) is 44.8 Å². The van der Waals surface area contributed by atoms with Gasteiger partial charge in [-0.05, 0) is 51.9 Å². The van der Waals surface area contributed by atoms with Crippen LogP contribution in [0.5, 0.6) is 0 Å². The third-order valence-corrected chi connectivity index (χ3v) is 4.65. The average Bonchev–Trinajstić information content (AvgIpc) is 3.07. The minimum atomic E-state index is 0.558. The Bertz CT molecular complexity index is 450. The van der Waals surface area contributed by atoms with Crippen molar-refractivity contribution in [3.63, 3.8) is 0 Å². The molecule has 130 valence electrons. The zero-order valence-corrected chi connectivity index (χ0v) is 14.8. The van der Waals surface area contributed by atoms with Crippen molar-refractivity contribution < 1.29 is 4.42 Å². The fraction of sp³-hybridized carbons (Fsp3) is 0.722. The molecule has 1 fully saturated rings. The van der Waals surface area contributed by atoms with Crippen molar-refractivity contribution in [2.24, 2.45) is 10.9 Å². The van der Waals surface area contributed by atoms with Crippen molar-refractivity contribution in [2.75, 3.05) is 27.2 Å². The lowest BCUT2D eigenvalue weighted by atomic mass is 9.83. The lowest BCUT2D eigenvalue weighted by Gasteiger charge is -2.35. The molecule has 0 bridgehead atoms. The molecule has 0 aliphatic heterocycles. The van der Waals surface area contributed by atoms with Gasteiger partial charge in [-0.15, -0.1) is 0 Å². The quantitative estimate of drug-likeness (QED) is 0.599. The van der Waals surface area contributed by atoms with Crippen molar-refractivity contribution in [1.82, 2.24) is 15.5 Å². The highest BCUT2D eigenvalue weighted by molar-refractivity contribution is 5.79. The maximum Gasteiger partial charge on any atom is 0.191 e. The van der Waals surface area contributed by atoms with Crippen molar-refractivity contribution in [3.8, 4) is 0 Å². The Hall–Kier alpha value is -1.49. The van der Waals surface area contributed by atoms with E-state index in [-0.39, 0.29) is 0 Å². The molecule has 1 aliphatic rings. The number of hydrogen-bond donors (Lipinski definition) is 2. The minimum absolute atomic E-state index is 0.558. The van der Waals surface area contributed by atoms with Crippen LogP contribution in [-0.2, 0) is 6.54 Å². The molecular formula is C18H32N4O. The molecule has 5 heteroatoms. The van der Waals surface area contributed by atoms with E-state index in [0.29, 0.717) is 12.6 Å². The van der Waals surface area contributed by atoms with Crippen molar-refractivity contribution >= 4 is 5.96 Å². The highest BCUT2D eigenvalue weighted by Crippen LogP contribution is 2.28. The Morgan fingerprint density at radius 2 is 2.09 bits per heavy atom. The Kier molecular flexibility index (Phi) is 7.46. The molecule has 0 radical (unpaired) electrons. The van der Waals surface area contributed by atoms with E-state index in [1.807, 2.05) is 12.1 Å². The third kappa shape index (κ3) is 5.90. The van der Waals surface area contributed by atoms with Crippen LogP contribution in [0.15, 0.2) is 27.8 Å². The molecule has 1 atom stereocenters. The van der Waals surface area contributed by atoms with E-state index in [1.165, 1.54) is 32.1 Å². The molecule has 2 N–H and O–H groups in total. The maximum absolute atomic E-state index is 5.35. The first kappa shape index (κ1) is 17.9. The van der Waals surface area contributed by atoms with Crippen molar-refractivity contribution in [1.29, 1.82) is 0 Å². The van der Waals surface area contributed by atoms with E-state index in [9.17, 15) is 0 Å². The van der Waals surface area contributed by atoms with E-state index in [2.05, 4.69) is 41.5 Å². The summed E-state index contributed by atoms with van der Waals surface area (Å²) in [5.41, 5.74) is 0. The predicted octanol–water partition coefficient (Wildman–Crippen LogP) is 2.85. The van der Waals surface area contributed by atoms with E-state index in [4.69, 9.17) is 4.42 Å². The van der Waals surface area contributed by atoms with E-state index >= 15 is 0 Å². The second-order valence-electron chi connectivity index (χ2n) is 6.58. The van der Waals surface area contributed by atoms with Gasteiger partial charge in [0.2, 0.25) is 0 Å². The van der Waals surface area contributed by atoms with Crippen LogP contribution in [0, 0.1) is 5.92 Å². The van der Waals surface area contributed by atoms with Gasteiger partial charge in [0.15, 0.2) is 5.96 Å². The predicted molar refractivity (Wildman–Crippen MR) is 95.6 cm³/mol. The zero-order valence-electron chi connectivity index (χ0n) is 14.8. The second-order valence-corrected chi connectivity index (χ2v) is 6.58. The molecule has 2 rings (SSSR count). The van der Waals surface area contributed by atoms with Gasteiger partial charge in [-0.25, -0.2) is 4.99 Å². The molecule has 5 nitrogen and oxygen atoms in total. The topological polar surface area (TPSA) is 52.8 Å². The maximum atomic E-state index is 5.35. The largest absolute Gasteiger partial charge is 0.467 e. The third-order valence-electron chi connectivity index (χ3n) is 4.65. The molecule has 0 spiro atoms. The van der Waals surface area contributed by atoms with Gasteiger partial charge in [0.1, 0.15) is 12.3 Å². The van der Waals surface area contributed by atoms with Crippen molar-refractivity contribution in [3.05, 3.63) is 24.2 Å². The fourth-order valence-corrected chi connectivity index (χ4v) is 3.39. The van der Waals surface area contributed by atoms with Gasteiger partial charge < -0.3 is 20.0 Å². The zero-order chi connectivity index (χ0) is 16.5. The van der Waals surface area contributed by atoms with Crippen LogP contribution >= 0.6 is 0 Å². The number of guanidine groups is 1. The number of likely N-dealkylation sites (N-methyl/N-ethyl adjacent to an activating group) is 1.